The number of nitrogens with zero attached hydrogens (tertiary/aromatic N) is 1. The van der Waals surface area contributed by atoms with Gasteiger partial charge in [-0.3, -0.25) is 14.4 Å². The zero-order valence-corrected chi connectivity index (χ0v) is 24.9. The maximum atomic E-state index is 14.6. The topological polar surface area (TPSA) is 117 Å². The molecule has 3 N–H and O–H groups in total. The number of aliphatic hydroxyl groups is 1. The first-order valence-electron chi connectivity index (χ1n) is 14.3. The highest BCUT2D eigenvalue weighted by molar-refractivity contribution is 5.91. The first-order chi connectivity index (χ1) is 21.0. The standard InChI is InChI=1S/C33H37F2N3O6/c1-21-8-7-9-22(2)30(21)44-19-28(39)37-26(16-23-10-5-4-6-11-23)29(40)32(42)38-20-33(34,35)17-27(38)31(41)36-18-24-12-14-25(43-3)15-13-24/h4-15,26-27,29,40H,16-20H2,1-3H3,(H,36,41)(H,37,39). The van der Waals surface area contributed by atoms with Crippen molar-refractivity contribution in [3.8, 4) is 11.5 Å². The molecule has 0 aliphatic carbocycles. The second-order valence-electron chi connectivity index (χ2n) is 10.9. The molecule has 3 aromatic carbocycles. The van der Waals surface area contributed by atoms with Gasteiger partial charge in [0.05, 0.1) is 19.7 Å². The highest BCUT2D eigenvalue weighted by atomic mass is 19.3. The maximum Gasteiger partial charge on any atom is 0.267 e. The Bertz CT molecular complexity index is 1430. The van der Waals surface area contributed by atoms with Crippen molar-refractivity contribution in [2.24, 2.45) is 0 Å². The minimum atomic E-state index is -3.34. The van der Waals surface area contributed by atoms with E-state index in [9.17, 15) is 28.3 Å². The second-order valence-corrected chi connectivity index (χ2v) is 10.9. The number of ether oxygens (including phenoxy) is 2. The molecule has 234 valence electrons. The van der Waals surface area contributed by atoms with E-state index in [1.54, 1.807) is 54.6 Å². The van der Waals surface area contributed by atoms with Crippen LogP contribution in [0.2, 0.25) is 0 Å². The Hall–Kier alpha value is -4.51. The van der Waals surface area contributed by atoms with Crippen molar-refractivity contribution in [3.63, 3.8) is 0 Å². The summed E-state index contributed by atoms with van der Waals surface area (Å²) in [5.74, 6) is -4.64. The van der Waals surface area contributed by atoms with Gasteiger partial charge in [0.2, 0.25) is 5.91 Å². The van der Waals surface area contributed by atoms with E-state index in [1.165, 1.54) is 7.11 Å². The van der Waals surface area contributed by atoms with Gasteiger partial charge in [0.15, 0.2) is 12.7 Å². The van der Waals surface area contributed by atoms with Crippen LogP contribution in [0.1, 0.15) is 28.7 Å². The second kappa shape index (κ2) is 14.3. The number of methoxy groups -OCH3 is 1. The first kappa shape index (κ1) is 32.4. The average molecular weight is 610 g/mol. The summed E-state index contributed by atoms with van der Waals surface area (Å²) in [6.07, 6.45) is -2.77. The van der Waals surface area contributed by atoms with Gasteiger partial charge in [-0.05, 0) is 54.7 Å². The summed E-state index contributed by atoms with van der Waals surface area (Å²) in [5.41, 5.74) is 3.07. The molecule has 0 saturated carbocycles. The number of likely N-dealkylation sites (tertiary alicyclic amines) is 1. The molecule has 0 aromatic heterocycles. The Morgan fingerprint density at radius 3 is 2.27 bits per heavy atom. The molecule has 1 heterocycles. The number of alkyl halides is 2. The third-order valence-corrected chi connectivity index (χ3v) is 7.52. The van der Waals surface area contributed by atoms with Gasteiger partial charge in [0.25, 0.3) is 17.7 Å². The van der Waals surface area contributed by atoms with Crippen LogP contribution in [0.25, 0.3) is 0 Å². The summed E-state index contributed by atoms with van der Waals surface area (Å²) in [4.78, 5) is 40.2. The lowest BCUT2D eigenvalue weighted by atomic mass is 9.99. The van der Waals surface area contributed by atoms with E-state index in [-0.39, 0.29) is 13.0 Å². The smallest absolute Gasteiger partial charge is 0.267 e. The normalized spacial score (nSPS) is 17.0. The predicted octanol–water partition coefficient (Wildman–Crippen LogP) is 3.33. The molecule has 0 radical (unpaired) electrons. The number of carbonyl (C=O) groups excluding carboxylic acids is 3. The molecule has 4 rings (SSSR count). The van der Waals surface area contributed by atoms with E-state index in [1.807, 2.05) is 32.0 Å². The number of aliphatic hydroxyl groups excluding tert-OH is 1. The molecule has 9 nitrogen and oxygen atoms in total. The molecular formula is C33H37F2N3O6. The van der Waals surface area contributed by atoms with Crippen LogP contribution in [0.5, 0.6) is 11.5 Å². The van der Waals surface area contributed by atoms with Crippen molar-refractivity contribution in [1.82, 2.24) is 15.5 Å². The highest BCUT2D eigenvalue weighted by Crippen LogP contribution is 2.33. The molecule has 3 unspecified atom stereocenters. The van der Waals surface area contributed by atoms with Crippen LogP contribution in [0.4, 0.5) is 8.78 Å². The van der Waals surface area contributed by atoms with E-state index in [0.29, 0.717) is 27.5 Å². The molecule has 1 aliphatic heterocycles. The van der Waals surface area contributed by atoms with E-state index in [0.717, 1.165) is 11.1 Å². The van der Waals surface area contributed by atoms with Crippen LogP contribution in [-0.4, -0.2) is 72.1 Å². The Balaban J connectivity index is 1.47. The zero-order chi connectivity index (χ0) is 31.9. The molecule has 1 saturated heterocycles. The summed E-state index contributed by atoms with van der Waals surface area (Å²) < 4.78 is 40.0. The Kier molecular flexibility index (Phi) is 10.5. The molecule has 3 aromatic rings. The summed E-state index contributed by atoms with van der Waals surface area (Å²) >= 11 is 0. The molecule has 3 amide bonds. The van der Waals surface area contributed by atoms with Crippen molar-refractivity contribution in [2.45, 2.75) is 57.3 Å². The molecule has 0 spiro atoms. The van der Waals surface area contributed by atoms with Crippen molar-refractivity contribution in [3.05, 3.63) is 95.1 Å². The monoisotopic (exact) mass is 609 g/mol. The molecule has 0 bridgehead atoms. The van der Waals surface area contributed by atoms with E-state index in [2.05, 4.69) is 10.6 Å². The Morgan fingerprint density at radius 2 is 1.64 bits per heavy atom. The molecule has 44 heavy (non-hydrogen) atoms. The summed E-state index contributed by atoms with van der Waals surface area (Å²) in [6, 6.07) is 18.5. The van der Waals surface area contributed by atoms with Gasteiger partial charge in [-0.15, -0.1) is 0 Å². The van der Waals surface area contributed by atoms with Gasteiger partial charge in [-0.25, -0.2) is 8.78 Å². The Morgan fingerprint density at radius 1 is 0.977 bits per heavy atom. The Labute approximate surface area is 255 Å². The lowest BCUT2D eigenvalue weighted by molar-refractivity contribution is -0.147. The number of aryl methyl sites for hydroxylation is 2. The summed E-state index contributed by atoms with van der Waals surface area (Å²) in [7, 11) is 1.52. The fourth-order valence-corrected chi connectivity index (χ4v) is 5.20. The SMILES string of the molecule is COc1ccc(CNC(=O)C2CC(F)(F)CN2C(=O)C(O)C(Cc2ccccc2)NC(=O)COc2c(C)cccc2C)cc1. The van der Waals surface area contributed by atoms with Crippen molar-refractivity contribution in [1.29, 1.82) is 0 Å². The fraction of sp³-hybridized carbons (Fsp3) is 0.364. The van der Waals surface area contributed by atoms with Gasteiger partial charge >= 0.3 is 0 Å². The maximum absolute atomic E-state index is 14.6. The van der Waals surface area contributed by atoms with Gasteiger partial charge in [0, 0.05) is 13.0 Å². The molecule has 1 fully saturated rings. The van der Waals surface area contributed by atoms with Crippen LogP contribution >= 0.6 is 0 Å². The average Bonchev–Trinajstić information content (AvgIpc) is 3.34. The third-order valence-electron chi connectivity index (χ3n) is 7.52. The minimum absolute atomic E-state index is 0.0292. The van der Waals surface area contributed by atoms with Crippen LogP contribution in [0, 0.1) is 13.8 Å². The summed E-state index contributed by atoms with van der Waals surface area (Å²) in [6.45, 7) is 2.30. The molecule has 1 aliphatic rings. The number of hydrogen-bond acceptors (Lipinski definition) is 6. The van der Waals surface area contributed by atoms with Crippen molar-refractivity contribution in [2.75, 3.05) is 20.3 Å². The van der Waals surface area contributed by atoms with Gasteiger partial charge in [0.1, 0.15) is 17.5 Å². The largest absolute Gasteiger partial charge is 0.497 e. The first-order valence-corrected chi connectivity index (χ1v) is 14.3. The van der Waals surface area contributed by atoms with Crippen LogP contribution in [0.15, 0.2) is 72.8 Å². The highest BCUT2D eigenvalue weighted by Gasteiger charge is 2.51. The number of benzene rings is 3. The number of amides is 3. The third kappa shape index (κ3) is 8.31. The molecule has 3 atom stereocenters. The van der Waals surface area contributed by atoms with Crippen LogP contribution < -0.4 is 20.1 Å². The van der Waals surface area contributed by atoms with Crippen LogP contribution in [0.3, 0.4) is 0 Å². The van der Waals surface area contributed by atoms with Crippen molar-refractivity contribution < 1.29 is 37.7 Å². The van der Waals surface area contributed by atoms with Crippen LogP contribution in [-0.2, 0) is 27.3 Å². The lowest BCUT2D eigenvalue weighted by Gasteiger charge is -2.30. The minimum Gasteiger partial charge on any atom is -0.497 e. The van der Waals surface area contributed by atoms with E-state index < -0.39 is 61.4 Å². The van der Waals surface area contributed by atoms with E-state index >= 15 is 0 Å². The van der Waals surface area contributed by atoms with Crippen molar-refractivity contribution >= 4 is 17.7 Å². The van der Waals surface area contributed by atoms with Gasteiger partial charge in [-0.2, -0.15) is 0 Å². The molecule has 11 heteroatoms. The van der Waals surface area contributed by atoms with Gasteiger partial charge < -0.3 is 30.1 Å². The van der Waals surface area contributed by atoms with Gasteiger partial charge in [-0.1, -0.05) is 60.7 Å². The number of para-hydroxylation sites is 1. The summed E-state index contributed by atoms with van der Waals surface area (Å²) in [5, 5.41) is 16.5. The fourth-order valence-electron chi connectivity index (χ4n) is 5.20. The zero-order valence-electron chi connectivity index (χ0n) is 24.9. The molecular weight excluding hydrogens is 572 g/mol. The number of carbonyl (C=O) groups is 3. The number of rotatable bonds is 12. The van der Waals surface area contributed by atoms with E-state index in [4.69, 9.17) is 9.47 Å². The number of halogens is 2. The predicted molar refractivity (Wildman–Crippen MR) is 159 cm³/mol. The quantitative estimate of drug-likeness (QED) is 0.290. The number of hydrogen-bond donors (Lipinski definition) is 3. The lowest BCUT2D eigenvalue weighted by Crippen LogP contribution is -2.56. The number of nitrogens with one attached hydrogen (secondary N) is 2.